The number of hydrogen-bond donors (Lipinski definition) is 2. The molecule has 0 aromatic rings. The molecule has 0 aromatic heterocycles. The van der Waals surface area contributed by atoms with Gasteiger partial charge < -0.3 is 15.3 Å². The Morgan fingerprint density at radius 3 is 2.46 bits per heavy atom. The SMILES string of the molecule is O=C(NC[C@H]1CN(C(=O)C23CC4CC2C3C4)C[C@H]1O)C1CC[C@@H]2CC[C@H]12. The number of aliphatic hydroxyl groups is 1. The predicted octanol–water partition coefficient (Wildman–Crippen LogP) is 1.40. The smallest absolute Gasteiger partial charge is 0.229 e. The molecule has 2 N–H and O–H groups in total. The predicted molar refractivity (Wildman–Crippen MR) is 94.8 cm³/mol. The first kappa shape index (κ1) is 15.9. The Hall–Kier alpha value is -1.10. The van der Waals surface area contributed by atoms with Crippen molar-refractivity contribution in [2.45, 2.75) is 51.0 Å². The van der Waals surface area contributed by atoms with E-state index in [0.29, 0.717) is 43.3 Å². The van der Waals surface area contributed by atoms with Gasteiger partial charge in [0.1, 0.15) is 0 Å². The molecule has 5 heteroatoms. The number of β-amino-alcohol motifs (C(OH)–C–C–N with tert-alkyl or cyclic N) is 1. The Labute approximate surface area is 154 Å². The average molecular weight is 358 g/mol. The van der Waals surface area contributed by atoms with Crippen LogP contribution < -0.4 is 5.32 Å². The molecule has 7 atom stereocenters. The first-order valence-corrected chi connectivity index (χ1v) is 10.8. The van der Waals surface area contributed by atoms with Crippen LogP contribution in [0.2, 0.25) is 0 Å². The van der Waals surface area contributed by atoms with Crippen molar-refractivity contribution in [3.63, 3.8) is 0 Å². The van der Waals surface area contributed by atoms with Crippen LogP contribution in [0.4, 0.5) is 0 Å². The number of amides is 2. The maximum atomic E-state index is 13.1. The fourth-order valence-electron chi connectivity index (χ4n) is 7.81. The minimum Gasteiger partial charge on any atom is -0.391 e. The van der Waals surface area contributed by atoms with Crippen molar-refractivity contribution in [3.8, 4) is 0 Å². The van der Waals surface area contributed by atoms with Gasteiger partial charge in [0, 0.05) is 31.5 Å². The van der Waals surface area contributed by atoms with Crippen molar-refractivity contribution < 1.29 is 14.7 Å². The van der Waals surface area contributed by atoms with Gasteiger partial charge in [-0.15, -0.1) is 0 Å². The zero-order chi connectivity index (χ0) is 17.6. The summed E-state index contributed by atoms with van der Waals surface area (Å²) >= 11 is 0. The average Bonchev–Trinajstić information content (AvgIpc) is 3.22. The standard InChI is InChI=1S/C21H30N2O3/c24-18-10-23(20(26)21-7-11-5-16(21)17(21)6-11)9-13(18)8-22-19(25)15-4-2-12-1-3-14(12)15/h11-18,24H,1-10H2,(H,22,25)/t11?,12-,13-,14-,15?,16?,17?,18+,21?/m0/s1. The molecule has 6 aliphatic carbocycles. The molecule has 5 nitrogen and oxygen atoms in total. The Kier molecular flexibility index (Phi) is 3.21. The first-order valence-electron chi connectivity index (χ1n) is 10.8. The molecule has 4 bridgehead atoms. The molecule has 1 saturated heterocycles. The summed E-state index contributed by atoms with van der Waals surface area (Å²) in [6.45, 7) is 1.59. The van der Waals surface area contributed by atoms with E-state index in [1.54, 1.807) is 0 Å². The third kappa shape index (κ3) is 1.96. The van der Waals surface area contributed by atoms with E-state index >= 15 is 0 Å². The molecular weight excluding hydrogens is 328 g/mol. The van der Waals surface area contributed by atoms with Gasteiger partial charge in [-0.2, -0.15) is 0 Å². The van der Waals surface area contributed by atoms with Crippen molar-refractivity contribution >= 4 is 11.8 Å². The van der Waals surface area contributed by atoms with Gasteiger partial charge in [0.2, 0.25) is 11.8 Å². The minimum atomic E-state index is -0.496. The van der Waals surface area contributed by atoms with E-state index in [9.17, 15) is 14.7 Å². The van der Waals surface area contributed by atoms with E-state index in [1.807, 2.05) is 4.90 Å². The van der Waals surface area contributed by atoms with Gasteiger partial charge in [-0.1, -0.05) is 0 Å². The topological polar surface area (TPSA) is 69.6 Å². The zero-order valence-electron chi connectivity index (χ0n) is 15.4. The summed E-state index contributed by atoms with van der Waals surface area (Å²) in [6, 6.07) is 0. The lowest BCUT2D eigenvalue weighted by atomic mass is 9.72. The molecule has 26 heavy (non-hydrogen) atoms. The number of rotatable bonds is 4. The second kappa shape index (κ2) is 5.24. The lowest BCUT2D eigenvalue weighted by molar-refractivity contribution is -0.136. The number of nitrogens with zero attached hydrogens (tertiary/aromatic N) is 1. The van der Waals surface area contributed by atoms with Crippen molar-refractivity contribution in [1.29, 1.82) is 0 Å². The summed E-state index contributed by atoms with van der Waals surface area (Å²) in [7, 11) is 0. The van der Waals surface area contributed by atoms with Gasteiger partial charge in [-0.3, -0.25) is 9.59 Å². The van der Waals surface area contributed by atoms with E-state index in [-0.39, 0.29) is 23.2 Å². The van der Waals surface area contributed by atoms with Gasteiger partial charge in [0.15, 0.2) is 0 Å². The van der Waals surface area contributed by atoms with Crippen LogP contribution in [0.5, 0.6) is 0 Å². The summed E-state index contributed by atoms with van der Waals surface area (Å²) < 4.78 is 0. The third-order valence-electron chi connectivity index (χ3n) is 9.31. The van der Waals surface area contributed by atoms with Crippen LogP contribution >= 0.6 is 0 Å². The number of aliphatic hydroxyl groups excluding tert-OH is 1. The highest BCUT2D eigenvalue weighted by atomic mass is 16.3. The Morgan fingerprint density at radius 2 is 1.85 bits per heavy atom. The Morgan fingerprint density at radius 1 is 1.08 bits per heavy atom. The van der Waals surface area contributed by atoms with Crippen LogP contribution in [0.15, 0.2) is 0 Å². The third-order valence-corrected chi connectivity index (χ3v) is 9.31. The van der Waals surface area contributed by atoms with Gasteiger partial charge >= 0.3 is 0 Å². The van der Waals surface area contributed by atoms with Gasteiger partial charge in [-0.05, 0) is 74.5 Å². The van der Waals surface area contributed by atoms with Crippen molar-refractivity contribution in [3.05, 3.63) is 0 Å². The highest BCUT2D eigenvalue weighted by Crippen LogP contribution is 2.79. The summed E-state index contributed by atoms with van der Waals surface area (Å²) in [5.41, 5.74) is -0.0361. The van der Waals surface area contributed by atoms with Crippen LogP contribution in [0, 0.1) is 46.8 Å². The van der Waals surface area contributed by atoms with E-state index in [4.69, 9.17) is 0 Å². The van der Waals surface area contributed by atoms with E-state index < -0.39 is 6.10 Å². The van der Waals surface area contributed by atoms with E-state index in [1.165, 1.54) is 32.1 Å². The van der Waals surface area contributed by atoms with Crippen LogP contribution in [-0.2, 0) is 9.59 Å². The lowest BCUT2D eigenvalue weighted by Gasteiger charge is -2.33. The summed E-state index contributed by atoms with van der Waals surface area (Å²) in [4.78, 5) is 27.6. The minimum absolute atomic E-state index is 0.00788. The quantitative estimate of drug-likeness (QED) is 0.798. The second-order valence-corrected chi connectivity index (χ2v) is 10.3. The molecule has 142 valence electrons. The van der Waals surface area contributed by atoms with Crippen molar-refractivity contribution in [2.24, 2.45) is 46.8 Å². The highest BCUT2D eigenvalue weighted by Gasteiger charge is 2.78. The maximum absolute atomic E-state index is 13.1. The number of carbonyl (C=O) groups excluding carboxylic acids is 2. The van der Waals surface area contributed by atoms with Crippen LogP contribution in [0.3, 0.4) is 0 Å². The van der Waals surface area contributed by atoms with Gasteiger partial charge in [0.05, 0.1) is 11.5 Å². The van der Waals surface area contributed by atoms with Gasteiger partial charge in [-0.25, -0.2) is 0 Å². The largest absolute Gasteiger partial charge is 0.391 e. The molecule has 7 aliphatic rings. The number of carbonyl (C=O) groups is 2. The van der Waals surface area contributed by atoms with Crippen LogP contribution in [-0.4, -0.2) is 47.6 Å². The van der Waals surface area contributed by atoms with Gasteiger partial charge in [0.25, 0.3) is 0 Å². The van der Waals surface area contributed by atoms with E-state index in [0.717, 1.165) is 24.7 Å². The Balaban J connectivity index is 1.05. The molecule has 0 spiro atoms. The molecular formula is C21H30N2O3. The Bertz CT molecular complexity index is 652. The number of hydrogen-bond acceptors (Lipinski definition) is 3. The fraction of sp³-hybridized carbons (Fsp3) is 0.905. The fourth-order valence-corrected chi connectivity index (χ4v) is 7.81. The van der Waals surface area contributed by atoms with Crippen LogP contribution in [0.25, 0.3) is 0 Å². The molecule has 7 rings (SSSR count). The number of nitrogens with one attached hydrogen (secondary N) is 1. The van der Waals surface area contributed by atoms with Crippen molar-refractivity contribution in [2.75, 3.05) is 19.6 Å². The molecule has 2 amide bonds. The number of fused-ring (bicyclic) bond motifs is 1. The van der Waals surface area contributed by atoms with Crippen molar-refractivity contribution in [1.82, 2.24) is 10.2 Å². The molecule has 3 unspecified atom stereocenters. The first-order chi connectivity index (χ1) is 12.6. The molecule has 0 radical (unpaired) electrons. The molecule has 0 aromatic carbocycles. The summed E-state index contributed by atoms with van der Waals surface area (Å²) in [5, 5.41) is 13.6. The molecule has 7 fully saturated rings. The zero-order valence-corrected chi connectivity index (χ0v) is 15.4. The summed E-state index contributed by atoms with van der Waals surface area (Å²) in [5.74, 6) is 4.18. The molecule has 6 saturated carbocycles. The lowest BCUT2D eigenvalue weighted by Crippen LogP contribution is -2.41. The summed E-state index contributed by atoms with van der Waals surface area (Å²) in [6.07, 6.45) is 7.88. The number of likely N-dealkylation sites (tertiary alicyclic amines) is 1. The van der Waals surface area contributed by atoms with E-state index in [2.05, 4.69) is 5.32 Å². The monoisotopic (exact) mass is 358 g/mol. The molecule has 1 aliphatic heterocycles. The van der Waals surface area contributed by atoms with Crippen LogP contribution in [0.1, 0.15) is 44.9 Å². The highest BCUT2D eigenvalue weighted by molar-refractivity contribution is 5.88. The second-order valence-electron chi connectivity index (χ2n) is 10.3. The maximum Gasteiger partial charge on any atom is 0.229 e. The molecule has 1 heterocycles. The normalized spacial score (nSPS) is 52.7.